The summed E-state index contributed by atoms with van der Waals surface area (Å²) in [4.78, 5) is 23.6. The number of hydrogen-bond acceptors (Lipinski definition) is 2. The summed E-state index contributed by atoms with van der Waals surface area (Å²) in [5.74, 6) is 1.79. The van der Waals surface area contributed by atoms with Gasteiger partial charge in [0.1, 0.15) is 5.78 Å². The van der Waals surface area contributed by atoms with Gasteiger partial charge in [0, 0.05) is 18.8 Å². The van der Waals surface area contributed by atoms with E-state index in [-0.39, 0.29) is 5.92 Å². The fourth-order valence-corrected chi connectivity index (χ4v) is 3.91. The van der Waals surface area contributed by atoms with Crippen LogP contribution in [0.1, 0.15) is 39.0 Å². The van der Waals surface area contributed by atoms with E-state index in [4.69, 9.17) is 0 Å². The average molecular weight is 204 g/mol. The Morgan fingerprint density at radius 1 is 1.13 bits per heavy atom. The molecule has 3 rings (SSSR count). The second kappa shape index (κ2) is 3.03. The smallest absolute Gasteiger partial charge is 0.159 e. The maximum Gasteiger partial charge on any atom is 0.159 e. The van der Waals surface area contributed by atoms with Gasteiger partial charge in [-0.1, -0.05) is 5.57 Å². The van der Waals surface area contributed by atoms with Gasteiger partial charge in [-0.05, 0) is 43.6 Å². The van der Waals surface area contributed by atoms with Crippen LogP contribution < -0.4 is 0 Å². The minimum absolute atomic E-state index is 0.204. The van der Waals surface area contributed by atoms with Gasteiger partial charge in [0.2, 0.25) is 0 Å². The zero-order valence-electron chi connectivity index (χ0n) is 9.08. The molecule has 0 aromatic carbocycles. The molecule has 0 radical (unpaired) electrons. The first-order chi connectivity index (χ1) is 7.18. The monoisotopic (exact) mass is 204 g/mol. The van der Waals surface area contributed by atoms with Crippen molar-refractivity contribution >= 4 is 11.6 Å². The number of rotatable bonds is 0. The van der Waals surface area contributed by atoms with Gasteiger partial charge in [0.25, 0.3) is 0 Å². The quantitative estimate of drug-likeness (QED) is 0.606. The number of carbonyl (C=O) groups excluding carboxylic acids is 2. The van der Waals surface area contributed by atoms with Crippen LogP contribution in [-0.4, -0.2) is 11.6 Å². The molecule has 2 fully saturated rings. The summed E-state index contributed by atoms with van der Waals surface area (Å²) in [5, 5.41) is 0. The predicted octanol–water partition coefficient (Wildman–Crippen LogP) is 2.28. The molecule has 15 heavy (non-hydrogen) atoms. The SMILES string of the molecule is CC1=C2C(=O)CCC2C2C(=O)CCC2C1. The van der Waals surface area contributed by atoms with Gasteiger partial charge in [0.05, 0.1) is 0 Å². The van der Waals surface area contributed by atoms with Crippen LogP contribution in [0.4, 0.5) is 0 Å². The molecular formula is C13H16O2. The van der Waals surface area contributed by atoms with Crippen molar-refractivity contribution < 1.29 is 9.59 Å². The van der Waals surface area contributed by atoms with E-state index in [0.29, 0.717) is 29.8 Å². The highest BCUT2D eigenvalue weighted by molar-refractivity contribution is 6.00. The van der Waals surface area contributed by atoms with Gasteiger partial charge in [-0.25, -0.2) is 0 Å². The third-order valence-corrected chi connectivity index (χ3v) is 4.46. The molecule has 0 N–H and O–H groups in total. The Labute approximate surface area is 89.7 Å². The Kier molecular flexibility index (Phi) is 1.88. The zero-order chi connectivity index (χ0) is 10.6. The van der Waals surface area contributed by atoms with Crippen LogP contribution in [-0.2, 0) is 9.59 Å². The van der Waals surface area contributed by atoms with E-state index in [2.05, 4.69) is 6.92 Å². The number of ketones is 2. The second-order valence-electron chi connectivity index (χ2n) is 5.26. The number of allylic oxidation sites excluding steroid dienone is 2. The normalized spacial score (nSPS) is 39.7. The maximum absolute atomic E-state index is 11.8. The molecule has 2 saturated carbocycles. The van der Waals surface area contributed by atoms with E-state index < -0.39 is 0 Å². The molecule has 0 saturated heterocycles. The van der Waals surface area contributed by atoms with Crippen molar-refractivity contribution in [2.75, 3.05) is 0 Å². The molecule has 0 spiro atoms. The zero-order valence-corrected chi connectivity index (χ0v) is 9.08. The highest BCUT2D eigenvalue weighted by Crippen LogP contribution is 2.50. The minimum Gasteiger partial charge on any atom is -0.299 e. The molecule has 0 bridgehead atoms. The lowest BCUT2D eigenvalue weighted by atomic mass is 9.71. The Bertz CT molecular complexity index is 378. The minimum atomic E-state index is 0.204. The van der Waals surface area contributed by atoms with Crippen LogP contribution >= 0.6 is 0 Å². The van der Waals surface area contributed by atoms with Crippen molar-refractivity contribution in [3.63, 3.8) is 0 Å². The molecule has 0 aromatic heterocycles. The molecule has 3 aliphatic carbocycles. The van der Waals surface area contributed by atoms with Crippen LogP contribution in [0.25, 0.3) is 0 Å². The van der Waals surface area contributed by atoms with Gasteiger partial charge in [0.15, 0.2) is 5.78 Å². The van der Waals surface area contributed by atoms with E-state index in [0.717, 1.165) is 31.3 Å². The summed E-state index contributed by atoms with van der Waals surface area (Å²) < 4.78 is 0. The van der Waals surface area contributed by atoms with Crippen molar-refractivity contribution in [2.24, 2.45) is 17.8 Å². The van der Waals surface area contributed by atoms with Crippen LogP contribution in [0.15, 0.2) is 11.1 Å². The van der Waals surface area contributed by atoms with Crippen LogP contribution in [0.5, 0.6) is 0 Å². The lowest BCUT2D eigenvalue weighted by Gasteiger charge is -2.31. The summed E-state index contributed by atoms with van der Waals surface area (Å²) in [7, 11) is 0. The predicted molar refractivity (Wildman–Crippen MR) is 56.3 cm³/mol. The maximum atomic E-state index is 11.8. The van der Waals surface area contributed by atoms with Gasteiger partial charge >= 0.3 is 0 Å². The lowest BCUT2D eigenvalue weighted by molar-refractivity contribution is -0.122. The highest BCUT2D eigenvalue weighted by Gasteiger charge is 2.48. The molecule has 0 aliphatic heterocycles. The molecule has 0 amide bonds. The van der Waals surface area contributed by atoms with E-state index in [1.165, 1.54) is 5.57 Å². The molecule has 3 aliphatic rings. The van der Waals surface area contributed by atoms with Crippen LogP contribution in [0.3, 0.4) is 0 Å². The first-order valence-corrected chi connectivity index (χ1v) is 5.94. The first kappa shape index (κ1) is 9.32. The molecule has 3 unspecified atom stereocenters. The third kappa shape index (κ3) is 1.17. The highest BCUT2D eigenvalue weighted by atomic mass is 16.1. The number of carbonyl (C=O) groups is 2. The molecule has 3 atom stereocenters. The topological polar surface area (TPSA) is 34.1 Å². The Morgan fingerprint density at radius 3 is 2.73 bits per heavy atom. The summed E-state index contributed by atoms with van der Waals surface area (Å²) in [6.45, 7) is 2.09. The summed E-state index contributed by atoms with van der Waals surface area (Å²) in [6.07, 6.45) is 4.40. The van der Waals surface area contributed by atoms with Gasteiger partial charge in [-0.3, -0.25) is 9.59 Å². The lowest BCUT2D eigenvalue weighted by Crippen LogP contribution is -2.29. The summed E-state index contributed by atoms with van der Waals surface area (Å²) in [6, 6.07) is 0. The van der Waals surface area contributed by atoms with E-state index >= 15 is 0 Å². The first-order valence-electron chi connectivity index (χ1n) is 5.94. The average Bonchev–Trinajstić information content (AvgIpc) is 2.72. The third-order valence-electron chi connectivity index (χ3n) is 4.46. The fourth-order valence-electron chi connectivity index (χ4n) is 3.91. The number of fused-ring (bicyclic) bond motifs is 3. The number of hydrogen-bond donors (Lipinski definition) is 0. The summed E-state index contributed by atoms with van der Waals surface area (Å²) >= 11 is 0. The fraction of sp³-hybridized carbons (Fsp3) is 0.692. The Hall–Kier alpha value is -0.920. The molecule has 80 valence electrons. The van der Waals surface area contributed by atoms with E-state index in [1.54, 1.807) is 0 Å². The van der Waals surface area contributed by atoms with Crippen LogP contribution in [0.2, 0.25) is 0 Å². The van der Waals surface area contributed by atoms with Gasteiger partial charge in [-0.2, -0.15) is 0 Å². The molecule has 2 heteroatoms. The second-order valence-corrected chi connectivity index (χ2v) is 5.26. The standard InChI is InChI=1S/C13H16O2/c1-7-6-8-2-4-11(15)13(8)9-3-5-10(14)12(7)9/h8-9,13H,2-6H2,1H3. The van der Waals surface area contributed by atoms with Crippen molar-refractivity contribution in [3.05, 3.63) is 11.1 Å². The van der Waals surface area contributed by atoms with Crippen LogP contribution in [0, 0.1) is 17.8 Å². The summed E-state index contributed by atoms with van der Waals surface area (Å²) in [5.41, 5.74) is 2.31. The van der Waals surface area contributed by atoms with E-state index in [1.807, 2.05) is 0 Å². The van der Waals surface area contributed by atoms with Crippen molar-refractivity contribution in [1.29, 1.82) is 0 Å². The van der Waals surface area contributed by atoms with E-state index in [9.17, 15) is 9.59 Å². The Morgan fingerprint density at radius 2 is 1.93 bits per heavy atom. The molecule has 2 nitrogen and oxygen atoms in total. The largest absolute Gasteiger partial charge is 0.299 e. The Balaban J connectivity index is 2.05. The molecule has 0 aromatic rings. The molecular weight excluding hydrogens is 188 g/mol. The van der Waals surface area contributed by atoms with Gasteiger partial charge < -0.3 is 0 Å². The molecule has 0 heterocycles. The number of Topliss-reactive ketones (excluding diaryl/α,β-unsaturated/α-hetero) is 2. The van der Waals surface area contributed by atoms with Crippen molar-refractivity contribution in [2.45, 2.75) is 39.0 Å². The van der Waals surface area contributed by atoms with Gasteiger partial charge in [-0.15, -0.1) is 0 Å². The van der Waals surface area contributed by atoms with Crippen molar-refractivity contribution in [3.8, 4) is 0 Å². The van der Waals surface area contributed by atoms with Crippen molar-refractivity contribution in [1.82, 2.24) is 0 Å².